The van der Waals surface area contributed by atoms with Crippen LogP contribution in [0.1, 0.15) is 55.0 Å². The molecule has 0 bridgehead atoms. The molecule has 0 radical (unpaired) electrons. The second kappa shape index (κ2) is 11.3. The second-order valence-corrected chi connectivity index (χ2v) is 11.6. The van der Waals surface area contributed by atoms with Gasteiger partial charge in [-0.3, -0.25) is 9.52 Å². The summed E-state index contributed by atoms with van der Waals surface area (Å²) in [4.78, 5) is 17.2. The maximum absolute atomic E-state index is 12.9. The second-order valence-electron chi connectivity index (χ2n) is 9.82. The van der Waals surface area contributed by atoms with Gasteiger partial charge < -0.3 is 14.2 Å². The Labute approximate surface area is 219 Å². The van der Waals surface area contributed by atoms with Gasteiger partial charge in [-0.05, 0) is 46.4 Å². The van der Waals surface area contributed by atoms with Gasteiger partial charge in [-0.1, -0.05) is 39.0 Å². The van der Waals surface area contributed by atoms with Crippen molar-refractivity contribution in [3.8, 4) is 5.75 Å². The summed E-state index contributed by atoms with van der Waals surface area (Å²) < 4.78 is 42.1. The lowest BCUT2D eigenvalue weighted by Gasteiger charge is -2.25. The van der Waals surface area contributed by atoms with Crippen LogP contribution in [0.5, 0.6) is 5.75 Å². The molecule has 2 aromatic carbocycles. The minimum atomic E-state index is -3.41. The number of ether oxygens (including phenoxy) is 3. The molecule has 0 aliphatic carbocycles. The number of hydrogen-bond donors (Lipinski definition) is 1. The van der Waals surface area contributed by atoms with Gasteiger partial charge in [0.15, 0.2) is 11.7 Å². The number of Topliss-reactive ketones (excluding diaryl/α,β-unsaturated/α-hetero) is 1. The molecule has 0 fully saturated rings. The first kappa shape index (κ1) is 28.1. The van der Waals surface area contributed by atoms with Gasteiger partial charge in [0, 0.05) is 35.7 Å². The summed E-state index contributed by atoms with van der Waals surface area (Å²) in [6, 6.07) is 9.17. The molecule has 8 nitrogen and oxygen atoms in total. The summed E-state index contributed by atoms with van der Waals surface area (Å²) >= 11 is 0. The summed E-state index contributed by atoms with van der Waals surface area (Å²) in [6.07, 6.45) is 6.62. The van der Waals surface area contributed by atoms with Gasteiger partial charge >= 0.3 is 0 Å². The van der Waals surface area contributed by atoms with E-state index in [1.54, 1.807) is 32.6 Å². The number of carbonyl (C=O) groups excluding carboxylic acids is 1. The van der Waals surface area contributed by atoms with E-state index in [-0.39, 0.29) is 17.6 Å². The van der Waals surface area contributed by atoms with E-state index in [1.165, 1.54) is 7.11 Å². The number of rotatable bonds is 8. The van der Waals surface area contributed by atoms with E-state index in [0.717, 1.165) is 34.1 Å². The molecule has 2 aromatic rings. The molecule has 37 heavy (non-hydrogen) atoms. The maximum Gasteiger partial charge on any atom is 0.229 e. The van der Waals surface area contributed by atoms with Crippen molar-refractivity contribution in [2.24, 2.45) is 4.99 Å². The zero-order valence-corrected chi connectivity index (χ0v) is 23.2. The standard InChI is InChI=1S/C28H34N2O6S/c1-28(2,3)24-14-20(23-16-29-26(35-5)15-25(23)31)12-19(27(24)36-6)9-8-18-10-11-22(30-37(7,32)33)13-21(18)17-34-4/h8-14,16,30H,15,17H2,1-7H3/b9-8+. The smallest absolute Gasteiger partial charge is 0.229 e. The van der Waals surface area contributed by atoms with E-state index in [4.69, 9.17) is 14.2 Å². The fourth-order valence-electron chi connectivity index (χ4n) is 4.07. The Morgan fingerprint density at radius 3 is 2.30 bits per heavy atom. The van der Waals surface area contributed by atoms with Crippen LogP contribution in [-0.4, -0.2) is 47.7 Å². The van der Waals surface area contributed by atoms with Crippen molar-refractivity contribution in [1.82, 2.24) is 0 Å². The van der Waals surface area contributed by atoms with Gasteiger partial charge in [0.1, 0.15) is 5.75 Å². The highest BCUT2D eigenvalue weighted by atomic mass is 32.2. The SMILES string of the molecule is COCc1cc(NS(C)(=O)=O)ccc1/C=C/c1cc(C2=CN=C(OC)CC2=O)cc(C(C)(C)C)c1OC. The lowest BCUT2D eigenvalue weighted by Crippen LogP contribution is -2.17. The minimum Gasteiger partial charge on any atom is -0.496 e. The molecule has 1 heterocycles. The van der Waals surface area contributed by atoms with Crippen molar-refractivity contribution in [2.75, 3.05) is 32.3 Å². The van der Waals surface area contributed by atoms with Crippen molar-refractivity contribution in [3.05, 3.63) is 64.3 Å². The number of benzene rings is 2. The number of nitrogens with zero attached hydrogens (tertiary/aromatic N) is 1. The fraction of sp³-hybridized carbons (Fsp3) is 0.357. The summed E-state index contributed by atoms with van der Waals surface area (Å²) in [5, 5.41) is 0. The monoisotopic (exact) mass is 526 g/mol. The molecule has 0 aromatic heterocycles. The molecular formula is C28H34N2O6S. The third-order valence-electron chi connectivity index (χ3n) is 5.81. The first-order valence-electron chi connectivity index (χ1n) is 11.7. The van der Waals surface area contributed by atoms with Crippen LogP contribution in [0.4, 0.5) is 5.69 Å². The Morgan fingerprint density at radius 1 is 1.03 bits per heavy atom. The predicted molar refractivity (Wildman–Crippen MR) is 148 cm³/mol. The minimum absolute atomic E-state index is 0.0665. The van der Waals surface area contributed by atoms with E-state index >= 15 is 0 Å². The van der Waals surface area contributed by atoms with Crippen LogP contribution >= 0.6 is 0 Å². The predicted octanol–water partition coefficient (Wildman–Crippen LogP) is 5.04. The number of hydrogen-bond acceptors (Lipinski definition) is 7. The molecule has 3 rings (SSSR count). The van der Waals surface area contributed by atoms with E-state index in [9.17, 15) is 13.2 Å². The zero-order chi connectivity index (χ0) is 27.4. The Hall–Kier alpha value is -3.43. The summed E-state index contributed by atoms with van der Waals surface area (Å²) in [6.45, 7) is 6.56. The molecule has 0 spiro atoms. The number of ketones is 1. The molecule has 9 heteroatoms. The highest BCUT2D eigenvalue weighted by Crippen LogP contribution is 2.38. The Morgan fingerprint density at radius 2 is 1.73 bits per heavy atom. The molecule has 0 unspecified atom stereocenters. The van der Waals surface area contributed by atoms with Crippen LogP contribution in [0.2, 0.25) is 0 Å². The normalized spacial score (nSPS) is 14.4. The first-order chi connectivity index (χ1) is 17.4. The van der Waals surface area contributed by atoms with Crippen LogP contribution < -0.4 is 9.46 Å². The third kappa shape index (κ3) is 7.08. The first-order valence-corrected chi connectivity index (χ1v) is 13.6. The topological polar surface area (TPSA) is 103 Å². The molecule has 0 atom stereocenters. The van der Waals surface area contributed by atoms with E-state index in [2.05, 4.69) is 30.5 Å². The van der Waals surface area contributed by atoms with Gasteiger partial charge in [-0.25, -0.2) is 13.4 Å². The van der Waals surface area contributed by atoms with Crippen LogP contribution in [0.15, 0.2) is 41.5 Å². The van der Waals surface area contributed by atoms with Gasteiger partial charge in [0.2, 0.25) is 10.0 Å². The average molecular weight is 527 g/mol. The van der Waals surface area contributed by atoms with E-state index in [1.807, 2.05) is 30.4 Å². The Bertz CT molecular complexity index is 1380. The number of carbonyl (C=O) groups is 1. The average Bonchev–Trinajstić information content (AvgIpc) is 2.81. The van der Waals surface area contributed by atoms with Crippen LogP contribution in [0.3, 0.4) is 0 Å². The van der Waals surface area contributed by atoms with Crippen molar-refractivity contribution in [2.45, 2.75) is 39.2 Å². The van der Waals surface area contributed by atoms with Crippen molar-refractivity contribution < 1.29 is 27.4 Å². The molecule has 1 aliphatic rings. The van der Waals surface area contributed by atoms with E-state index < -0.39 is 10.0 Å². The number of aliphatic imine (C=N–C) groups is 1. The summed E-state index contributed by atoms with van der Waals surface area (Å²) in [5.41, 5.74) is 4.87. The van der Waals surface area contributed by atoms with Gasteiger partial charge in [0.25, 0.3) is 0 Å². The van der Waals surface area contributed by atoms with Crippen molar-refractivity contribution in [3.63, 3.8) is 0 Å². The summed E-state index contributed by atoms with van der Waals surface area (Å²) in [5.74, 6) is 1.03. The van der Waals surface area contributed by atoms with Crippen molar-refractivity contribution in [1.29, 1.82) is 0 Å². The molecule has 1 aliphatic heterocycles. The van der Waals surface area contributed by atoms with Gasteiger partial charge in [-0.2, -0.15) is 0 Å². The molecule has 0 amide bonds. The van der Waals surface area contributed by atoms with Crippen LogP contribution in [-0.2, 0) is 36.3 Å². The molecule has 1 N–H and O–H groups in total. The van der Waals surface area contributed by atoms with Gasteiger partial charge in [0.05, 0.1) is 33.5 Å². The number of nitrogens with one attached hydrogen (secondary N) is 1. The Balaban J connectivity index is 2.14. The van der Waals surface area contributed by atoms with E-state index in [0.29, 0.717) is 29.5 Å². The number of sulfonamides is 1. The van der Waals surface area contributed by atoms with Gasteiger partial charge in [-0.15, -0.1) is 0 Å². The highest BCUT2D eigenvalue weighted by Gasteiger charge is 2.26. The largest absolute Gasteiger partial charge is 0.496 e. The van der Waals surface area contributed by atoms with Crippen molar-refractivity contribution >= 4 is 45.1 Å². The quantitative estimate of drug-likeness (QED) is 0.484. The highest BCUT2D eigenvalue weighted by molar-refractivity contribution is 7.92. The summed E-state index contributed by atoms with van der Waals surface area (Å²) in [7, 11) is 1.31. The van der Waals surface area contributed by atoms with Crippen LogP contribution in [0.25, 0.3) is 17.7 Å². The third-order valence-corrected chi connectivity index (χ3v) is 6.42. The number of methoxy groups -OCH3 is 3. The zero-order valence-electron chi connectivity index (χ0n) is 22.3. The lowest BCUT2D eigenvalue weighted by atomic mass is 9.82. The number of anilines is 1. The fourth-order valence-corrected chi connectivity index (χ4v) is 4.62. The molecular weight excluding hydrogens is 492 g/mol. The molecule has 0 saturated carbocycles. The lowest BCUT2D eigenvalue weighted by molar-refractivity contribution is -0.113. The molecule has 0 saturated heterocycles. The molecule has 198 valence electrons. The van der Waals surface area contributed by atoms with Crippen LogP contribution in [0, 0.1) is 0 Å². The maximum atomic E-state index is 12.9. The number of allylic oxidation sites excluding steroid dienone is 1. The Kier molecular flexibility index (Phi) is 8.60.